The predicted molar refractivity (Wildman–Crippen MR) is 56.1 cm³/mol. The molecule has 0 fully saturated rings. The van der Waals surface area contributed by atoms with Crippen LogP contribution in [0, 0.1) is 11.3 Å². The lowest BCUT2D eigenvalue weighted by atomic mass is 10.1. The molecule has 70 valence electrons. The average Bonchev–Trinajstić information content (AvgIpc) is 2.20. The molecule has 1 N–H and O–H groups in total. The molecule has 0 saturated carbocycles. The number of fused-ring (bicyclic) bond motifs is 1. The van der Waals surface area contributed by atoms with Crippen molar-refractivity contribution in [2.45, 2.75) is 0 Å². The maximum absolute atomic E-state index is 8.78. The van der Waals surface area contributed by atoms with Crippen molar-refractivity contribution in [2.24, 2.45) is 0 Å². The summed E-state index contributed by atoms with van der Waals surface area (Å²) in [7, 11) is 0. The van der Waals surface area contributed by atoms with Crippen LogP contribution in [0.5, 0.6) is 0 Å². The monoisotopic (exact) mass is 225 g/mol. The zero-order valence-electron chi connectivity index (χ0n) is 7.01. The van der Waals surface area contributed by atoms with Gasteiger partial charge in [0.1, 0.15) is 5.15 Å². The minimum Gasteiger partial charge on any atom is -0.378 e. The van der Waals surface area contributed by atoms with Crippen LogP contribution in [-0.2, 0) is 0 Å². The van der Waals surface area contributed by atoms with Gasteiger partial charge in [-0.25, -0.2) is 4.98 Å². The van der Waals surface area contributed by atoms with Gasteiger partial charge < -0.3 is 5.32 Å². The van der Waals surface area contributed by atoms with Gasteiger partial charge in [-0.3, -0.25) is 0 Å². The molecule has 1 aliphatic rings. The molecule has 0 saturated heterocycles. The number of hydrogen-bond donors (Lipinski definition) is 1. The highest BCUT2D eigenvalue weighted by Gasteiger charge is 2.17. The largest absolute Gasteiger partial charge is 0.378 e. The first-order valence-corrected chi connectivity index (χ1v) is 4.66. The molecule has 0 unspecified atom stereocenters. The summed E-state index contributed by atoms with van der Waals surface area (Å²) in [5.41, 5.74) is 2.05. The number of rotatable bonds is 0. The summed E-state index contributed by atoms with van der Waals surface area (Å²) in [6.07, 6.45) is 1.61. The molecule has 0 amide bonds. The maximum Gasteiger partial charge on any atom is 0.129 e. The lowest BCUT2D eigenvalue weighted by Gasteiger charge is -2.17. The summed E-state index contributed by atoms with van der Waals surface area (Å²) >= 11 is 11.7. The Morgan fingerprint density at radius 2 is 2.29 bits per heavy atom. The molecule has 1 aliphatic heterocycles. The molecule has 3 nitrogen and oxygen atoms in total. The highest BCUT2D eigenvalue weighted by atomic mass is 35.5. The second kappa shape index (κ2) is 3.49. The maximum atomic E-state index is 8.78. The van der Waals surface area contributed by atoms with Gasteiger partial charge in [0.15, 0.2) is 0 Å². The van der Waals surface area contributed by atoms with Gasteiger partial charge in [-0.15, -0.1) is 0 Å². The van der Waals surface area contributed by atoms with E-state index in [4.69, 9.17) is 28.5 Å². The summed E-state index contributed by atoms with van der Waals surface area (Å²) in [4.78, 5) is 3.92. The van der Waals surface area contributed by atoms with Crippen molar-refractivity contribution in [3.8, 4) is 6.07 Å². The SMILES string of the molecule is N#CC1=C(Cl)c2cc(Cl)ncc2NC1. The van der Waals surface area contributed by atoms with E-state index in [1.54, 1.807) is 12.3 Å². The second-order valence-corrected chi connectivity index (χ2v) is 3.58. The second-order valence-electron chi connectivity index (χ2n) is 2.81. The standard InChI is InChI=1S/C9H5Cl2N3/c10-8-1-6-7(4-14-8)13-3-5(2-12)9(6)11/h1,4,13H,3H2. The molecule has 2 heterocycles. The van der Waals surface area contributed by atoms with Crippen molar-refractivity contribution in [3.63, 3.8) is 0 Å². The Hall–Kier alpha value is -1.24. The van der Waals surface area contributed by atoms with Crippen LogP contribution in [0.1, 0.15) is 5.56 Å². The number of pyridine rings is 1. The first kappa shape index (κ1) is 9.32. The number of hydrogen-bond acceptors (Lipinski definition) is 3. The highest BCUT2D eigenvalue weighted by molar-refractivity contribution is 6.50. The summed E-state index contributed by atoms with van der Waals surface area (Å²) in [6, 6.07) is 3.68. The third-order valence-corrected chi connectivity index (χ3v) is 2.60. The molecule has 0 atom stereocenters. The van der Waals surface area contributed by atoms with Crippen LogP contribution < -0.4 is 5.32 Å². The third kappa shape index (κ3) is 1.43. The number of aromatic nitrogens is 1. The van der Waals surface area contributed by atoms with E-state index in [-0.39, 0.29) is 0 Å². The first-order valence-electron chi connectivity index (χ1n) is 3.91. The van der Waals surface area contributed by atoms with Gasteiger partial charge in [-0.05, 0) is 6.07 Å². The molecule has 0 spiro atoms. The van der Waals surface area contributed by atoms with Crippen LogP contribution in [0.15, 0.2) is 17.8 Å². The number of nitriles is 1. The Bertz CT molecular complexity index is 460. The molecular formula is C9H5Cl2N3. The quantitative estimate of drug-likeness (QED) is 0.691. The molecule has 14 heavy (non-hydrogen) atoms. The molecule has 5 heteroatoms. The van der Waals surface area contributed by atoms with E-state index in [2.05, 4.69) is 10.3 Å². The van der Waals surface area contributed by atoms with Gasteiger partial charge in [-0.2, -0.15) is 5.26 Å². The normalized spacial score (nSPS) is 14.4. The van der Waals surface area contributed by atoms with Crippen molar-refractivity contribution in [1.82, 2.24) is 4.98 Å². The van der Waals surface area contributed by atoms with Crippen molar-refractivity contribution in [2.75, 3.05) is 11.9 Å². The van der Waals surface area contributed by atoms with Crippen LogP contribution >= 0.6 is 23.2 Å². The van der Waals surface area contributed by atoms with E-state index >= 15 is 0 Å². The zero-order valence-corrected chi connectivity index (χ0v) is 8.52. The number of anilines is 1. The van der Waals surface area contributed by atoms with Crippen molar-refractivity contribution in [1.29, 1.82) is 5.26 Å². The molecule has 1 aromatic heterocycles. The van der Waals surface area contributed by atoms with Crippen LogP contribution in [0.4, 0.5) is 5.69 Å². The molecule has 1 aromatic rings. The fraction of sp³-hybridized carbons (Fsp3) is 0.111. The molecule has 0 bridgehead atoms. The van der Waals surface area contributed by atoms with Gasteiger partial charge in [0.05, 0.1) is 35.1 Å². The summed E-state index contributed by atoms with van der Waals surface area (Å²) in [5.74, 6) is 0. The average molecular weight is 226 g/mol. The van der Waals surface area contributed by atoms with Gasteiger partial charge in [0.2, 0.25) is 0 Å². The van der Waals surface area contributed by atoms with E-state index in [1.165, 1.54) is 0 Å². The predicted octanol–water partition coefficient (Wildman–Crippen LogP) is 2.63. The van der Waals surface area contributed by atoms with Crippen molar-refractivity contribution < 1.29 is 0 Å². The fourth-order valence-corrected chi connectivity index (χ4v) is 1.69. The number of nitrogens with zero attached hydrogens (tertiary/aromatic N) is 2. The van der Waals surface area contributed by atoms with Crippen LogP contribution in [0.2, 0.25) is 5.15 Å². The number of halogens is 2. The van der Waals surface area contributed by atoms with E-state index in [1.807, 2.05) is 6.07 Å². The minimum atomic E-state index is 0.364. The third-order valence-electron chi connectivity index (χ3n) is 1.96. The van der Waals surface area contributed by atoms with E-state index in [0.29, 0.717) is 22.3 Å². The van der Waals surface area contributed by atoms with Crippen molar-refractivity contribution >= 4 is 33.9 Å². The molecule has 0 aliphatic carbocycles. The Morgan fingerprint density at radius 3 is 3.00 bits per heavy atom. The summed E-state index contributed by atoms with van der Waals surface area (Å²) < 4.78 is 0. The van der Waals surface area contributed by atoms with E-state index in [0.717, 1.165) is 11.3 Å². The van der Waals surface area contributed by atoms with E-state index in [9.17, 15) is 0 Å². The Labute approximate surface area is 91.0 Å². The Morgan fingerprint density at radius 1 is 1.50 bits per heavy atom. The first-order chi connectivity index (χ1) is 6.72. The number of nitrogens with one attached hydrogen (secondary N) is 1. The van der Waals surface area contributed by atoms with E-state index < -0.39 is 0 Å². The molecule has 2 rings (SSSR count). The molecule has 0 radical (unpaired) electrons. The van der Waals surface area contributed by atoms with Gasteiger partial charge >= 0.3 is 0 Å². The minimum absolute atomic E-state index is 0.364. The topological polar surface area (TPSA) is 48.7 Å². The summed E-state index contributed by atoms with van der Waals surface area (Å²) in [6.45, 7) is 0.436. The Kier molecular flexibility index (Phi) is 2.32. The lowest BCUT2D eigenvalue weighted by molar-refractivity contribution is 1.20. The summed E-state index contributed by atoms with van der Waals surface area (Å²) in [5, 5.41) is 12.6. The molecule has 0 aromatic carbocycles. The van der Waals surface area contributed by atoms with Gasteiger partial charge in [-0.1, -0.05) is 23.2 Å². The van der Waals surface area contributed by atoms with Gasteiger partial charge in [0.25, 0.3) is 0 Å². The van der Waals surface area contributed by atoms with Crippen LogP contribution in [0.3, 0.4) is 0 Å². The lowest BCUT2D eigenvalue weighted by Crippen LogP contribution is -2.11. The van der Waals surface area contributed by atoms with Crippen LogP contribution in [0.25, 0.3) is 5.03 Å². The van der Waals surface area contributed by atoms with Gasteiger partial charge in [0, 0.05) is 5.56 Å². The highest BCUT2D eigenvalue weighted by Crippen LogP contribution is 2.33. The Balaban J connectivity index is 2.62. The van der Waals surface area contributed by atoms with Crippen molar-refractivity contribution in [3.05, 3.63) is 28.6 Å². The smallest absolute Gasteiger partial charge is 0.129 e. The zero-order chi connectivity index (χ0) is 10.1. The molecular weight excluding hydrogens is 221 g/mol. The van der Waals surface area contributed by atoms with Crippen LogP contribution in [-0.4, -0.2) is 11.5 Å². The fourth-order valence-electron chi connectivity index (χ4n) is 1.26.